The average molecular weight is 349 g/mol. The molecule has 0 spiro atoms. The van der Waals surface area contributed by atoms with Crippen LogP contribution in [0.5, 0.6) is 5.75 Å². The molecule has 0 bridgehead atoms. The van der Waals surface area contributed by atoms with Crippen molar-refractivity contribution in [3.63, 3.8) is 0 Å². The van der Waals surface area contributed by atoms with E-state index in [1.54, 1.807) is 7.11 Å². The zero-order valence-electron chi connectivity index (χ0n) is 14.6. The van der Waals surface area contributed by atoms with Crippen LogP contribution in [0.1, 0.15) is 37.7 Å². The van der Waals surface area contributed by atoms with Gasteiger partial charge in [0.15, 0.2) is 0 Å². The van der Waals surface area contributed by atoms with Gasteiger partial charge in [0.05, 0.1) is 13.7 Å². The van der Waals surface area contributed by atoms with Gasteiger partial charge < -0.3 is 26.2 Å². The van der Waals surface area contributed by atoms with Gasteiger partial charge in [-0.1, -0.05) is 31.4 Å². The lowest BCUT2D eigenvalue weighted by atomic mass is 9.69. The number of aliphatic hydroxyl groups excluding tert-OH is 1. The number of aliphatic hydroxyl groups is 1. The predicted molar refractivity (Wildman–Crippen MR) is 94.4 cm³/mol. The first kappa shape index (κ1) is 19.1. The van der Waals surface area contributed by atoms with E-state index < -0.39 is 24.6 Å². The minimum Gasteiger partial charge on any atom is -0.497 e. The van der Waals surface area contributed by atoms with Crippen molar-refractivity contribution in [3.8, 4) is 5.75 Å². The molecule has 0 heterocycles. The number of carbonyl (C=O) groups excluding carboxylic acids is 2. The maximum Gasteiger partial charge on any atom is 0.312 e. The van der Waals surface area contributed by atoms with E-state index in [0.717, 1.165) is 37.0 Å². The largest absolute Gasteiger partial charge is 0.497 e. The normalized spacial score (nSPS) is 17.4. The van der Waals surface area contributed by atoms with Crippen LogP contribution in [0.15, 0.2) is 24.3 Å². The summed E-state index contributed by atoms with van der Waals surface area (Å²) in [5, 5.41) is 14.4. The second-order valence-corrected chi connectivity index (χ2v) is 6.53. The fourth-order valence-corrected chi connectivity index (χ4v) is 3.49. The van der Waals surface area contributed by atoms with Crippen LogP contribution in [0, 0.1) is 0 Å². The maximum atomic E-state index is 12.3. The molecule has 25 heavy (non-hydrogen) atoms. The SMILES string of the molecule is COc1ccc(C2(CNC(=O)[C@@H](CO)NC(N)=O)CCCCC2)cc1. The Morgan fingerprint density at radius 2 is 1.88 bits per heavy atom. The molecular weight excluding hydrogens is 322 g/mol. The molecule has 3 amide bonds. The molecule has 0 saturated heterocycles. The fraction of sp³-hybridized carbons (Fsp3) is 0.556. The summed E-state index contributed by atoms with van der Waals surface area (Å²) in [6, 6.07) is 6.08. The Bertz CT molecular complexity index is 582. The van der Waals surface area contributed by atoms with Crippen LogP contribution in [-0.4, -0.2) is 43.3 Å². The van der Waals surface area contributed by atoms with Gasteiger partial charge in [-0.05, 0) is 30.5 Å². The zero-order chi connectivity index (χ0) is 18.3. The van der Waals surface area contributed by atoms with E-state index >= 15 is 0 Å². The van der Waals surface area contributed by atoms with Gasteiger partial charge >= 0.3 is 6.03 Å². The third-order valence-corrected chi connectivity index (χ3v) is 4.93. The Morgan fingerprint density at radius 3 is 2.40 bits per heavy atom. The highest BCUT2D eigenvalue weighted by atomic mass is 16.5. The summed E-state index contributed by atoms with van der Waals surface area (Å²) in [4.78, 5) is 23.2. The molecule has 7 nitrogen and oxygen atoms in total. The second kappa shape index (κ2) is 8.71. The zero-order valence-corrected chi connectivity index (χ0v) is 14.6. The van der Waals surface area contributed by atoms with Crippen LogP contribution < -0.4 is 21.1 Å². The lowest BCUT2D eigenvalue weighted by Crippen LogP contribution is -2.53. The van der Waals surface area contributed by atoms with Gasteiger partial charge in [-0.25, -0.2) is 4.79 Å². The number of amides is 3. The van der Waals surface area contributed by atoms with Crippen LogP contribution in [0.25, 0.3) is 0 Å². The van der Waals surface area contributed by atoms with E-state index in [4.69, 9.17) is 10.5 Å². The molecule has 0 aromatic heterocycles. The van der Waals surface area contributed by atoms with Crippen molar-refractivity contribution in [1.82, 2.24) is 10.6 Å². The molecule has 0 radical (unpaired) electrons. The maximum absolute atomic E-state index is 12.3. The van der Waals surface area contributed by atoms with Gasteiger partial charge in [0, 0.05) is 12.0 Å². The summed E-state index contributed by atoms with van der Waals surface area (Å²) >= 11 is 0. The number of ether oxygens (including phenoxy) is 1. The average Bonchev–Trinajstić information content (AvgIpc) is 2.65. The van der Waals surface area contributed by atoms with E-state index in [1.807, 2.05) is 24.3 Å². The molecule has 5 N–H and O–H groups in total. The minimum absolute atomic E-state index is 0.146. The summed E-state index contributed by atoms with van der Waals surface area (Å²) in [7, 11) is 1.63. The standard InChI is InChI=1S/C18H27N3O4/c1-25-14-7-5-13(6-8-14)18(9-3-2-4-10-18)12-20-16(23)15(11-22)21-17(19)24/h5-8,15,22H,2-4,9-12H2,1H3,(H,20,23)(H3,19,21,24)/t15-/m1/s1. The van der Waals surface area contributed by atoms with Gasteiger partial charge in [0.2, 0.25) is 5.91 Å². The Morgan fingerprint density at radius 1 is 1.24 bits per heavy atom. The molecule has 1 aliphatic rings. The predicted octanol–water partition coefficient (Wildman–Crippen LogP) is 1.04. The molecule has 7 heteroatoms. The molecule has 2 rings (SSSR count). The lowest BCUT2D eigenvalue weighted by Gasteiger charge is -2.38. The van der Waals surface area contributed by atoms with Crippen molar-refractivity contribution in [2.24, 2.45) is 5.73 Å². The van der Waals surface area contributed by atoms with E-state index in [1.165, 1.54) is 6.42 Å². The highest BCUT2D eigenvalue weighted by Gasteiger charge is 2.35. The minimum atomic E-state index is -1.03. The number of benzene rings is 1. The first-order chi connectivity index (χ1) is 12.0. The van der Waals surface area contributed by atoms with Crippen molar-refractivity contribution in [2.75, 3.05) is 20.3 Å². The molecule has 0 unspecified atom stereocenters. The van der Waals surface area contributed by atoms with Crippen LogP contribution in [0.3, 0.4) is 0 Å². The van der Waals surface area contributed by atoms with Gasteiger partial charge in [-0.15, -0.1) is 0 Å². The van der Waals surface area contributed by atoms with Crippen molar-refractivity contribution in [2.45, 2.75) is 43.6 Å². The van der Waals surface area contributed by atoms with Crippen molar-refractivity contribution in [3.05, 3.63) is 29.8 Å². The van der Waals surface area contributed by atoms with E-state index in [2.05, 4.69) is 10.6 Å². The van der Waals surface area contributed by atoms with Gasteiger partial charge in [-0.2, -0.15) is 0 Å². The number of urea groups is 1. The third-order valence-electron chi connectivity index (χ3n) is 4.93. The molecule has 1 saturated carbocycles. The molecule has 1 aromatic rings. The fourth-order valence-electron chi connectivity index (χ4n) is 3.49. The molecule has 1 fully saturated rings. The van der Waals surface area contributed by atoms with Crippen LogP contribution in [0.2, 0.25) is 0 Å². The molecule has 138 valence electrons. The van der Waals surface area contributed by atoms with Crippen LogP contribution >= 0.6 is 0 Å². The summed E-state index contributed by atoms with van der Waals surface area (Å²) in [6.07, 6.45) is 5.35. The quantitative estimate of drug-likeness (QED) is 0.589. The molecule has 1 atom stereocenters. The number of hydrogen-bond donors (Lipinski definition) is 4. The van der Waals surface area contributed by atoms with Crippen molar-refractivity contribution >= 4 is 11.9 Å². The number of rotatable bonds is 7. The van der Waals surface area contributed by atoms with E-state index in [-0.39, 0.29) is 5.41 Å². The second-order valence-electron chi connectivity index (χ2n) is 6.53. The van der Waals surface area contributed by atoms with Gasteiger partial charge in [-0.3, -0.25) is 4.79 Å². The van der Waals surface area contributed by atoms with Gasteiger partial charge in [0.25, 0.3) is 0 Å². The Kier molecular flexibility index (Phi) is 6.64. The van der Waals surface area contributed by atoms with Crippen LogP contribution in [-0.2, 0) is 10.2 Å². The summed E-state index contributed by atoms with van der Waals surface area (Å²) in [6.45, 7) is -0.0422. The highest BCUT2D eigenvalue weighted by molar-refractivity contribution is 5.86. The molecular formula is C18H27N3O4. The van der Waals surface area contributed by atoms with Crippen LogP contribution in [0.4, 0.5) is 4.79 Å². The Hall–Kier alpha value is -2.28. The Balaban J connectivity index is 2.11. The summed E-state index contributed by atoms with van der Waals surface area (Å²) in [5.74, 6) is 0.365. The first-order valence-corrected chi connectivity index (χ1v) is 8.60. The number of primary amides is 1. The highest BCUT2D eigenvalue weighted by Crippen LogP contribution is 2.39. The monoisotopic (exact) mass is 349 g/mol. The van der Waals surface area contributed by atoms with Crippen molar-refractivity contribution in [1.29, 1.82) is 0 Å². The van der Waals surface area contributed by atoms with E-state index in [0.29, 0.717) is 6.54 Å². The third kappa shape index (κ3) is 4.85. The topological polar surface area (TPSA) is 114 Å². The molecule has 1 aromatic carbocycles. The summed E-state index contributed by atoms with van der Waals surface area (Å²) in [5.41, 5.74) is 6.05. The number of methoxy groups -OCH3 is 1. The number of hydrogen-bond acceptors (Lipinski definition) is 4. The summed E-state index contributed by atoms with van der Waals surface area (Å²) < 4.78 is 5.22. The Labute approximate surface area is 147 Å². The van der Waals surface area contributed by atoms with E-state index in [9.17, 15) is 14.7 Å². The molecule has 1 aliphatic carbocycles. The smallest absolute Gasteiger partial charge is 0.312 e. The van der Waals surface area contributed by atoms with Crippen molar-refractivity contribution < 1.29 is 19.4 Å². The number of nitrogens with one attached hydrogen (secondary N) is 2. The molecule has 0 aliphatic heterocycles. The lowest BCUT2D eigenvalue weighted by molar-refractivity contribution is -0.124. The van der Waals surface area contributed by atoms with Gasteiger partial charge in [0.1, 0.15) is 11.8 Å². The first-order valence-electron chi connectivity index (χ1n) is 8.60. The number of nitrogens with two attached hydrogens (primary N) is 1. The number of carbonyl (C=O) groups is 2.